The normalized spacial score (nSPS) is 20.4. The van der Waals surface area contributed by atoms with Gasteiger partial charge in [-0.1, -0.05) is 0 Å². The van der Waals surface area contributed by atoms with Gasteiger partial charge < -0.3 is 14.2 Å². The van der Waals surface area contributed by atoms with E-state index in [1.807, 2.05) is 6.92 Å². The first-order valence-electron chi connectivity index (χ1n) is 7.19. The molecular formula is C16H20O5. The van der Waals surface area contributed by atoms with E-state index in [0.29, 0.717) is 31.1 Å². The second-order valence-electron chi connectivity index (χ2n) is 4.95. The number of benzene rings is 1. The van der Waals surface area contributed by atoms with Crippen LogP contribution in [0.25, 0.3) is 0 Å². The highest BCUT2D eigenvalue weighted by molar-refractivity contribution is 5.74. The van der Waals surface area contributed by atoms with Crippen LogP contribution in [0.5, 0.6) is 5.75 Å². The topological polar surface area (TPSA) is 61.8 Å². The van der Waals surface area contributed by atoms with Gasteiger partial charge in [0.15, 0.2) is 0 Å². The molecule has 1 fully saturated rings. The Kier molecular flexibility index (Phi) is 5.75. The molecule has 0 aromatic heterocycles. The third-order valence-corrected chi connectivity index (χ3v) is 3.44. The van der Waals surface area contributed by atoms with Gasteiger partial charge in [0.05, 0.1) is 25.2 Å². The highest BCUT2D eigenvalue weighted by atomic mass is 16.5. The maximum Gasteiger partial charge on any atom is 0.309 e. The van der Waals surface area contributed by atoms with Crippen molar-refractivity contribution in [3.63, 3.8) is 0 Å². The van der Waals surface area contributed by atoms with Crippen LogP contribution in [0.4, 0.5) is 0 Å². The van der Waals surface area contributed by atoms with E-state index in [4.69, 9.17) is 14.2 Å². The molecule has 0 heterocycles. The molecule has 1 aliphatic carbocycles. The number of hydrogen-bond acceptors (Lipinski definition) is 5. The van der Waals surface area contributed by atoms with Crippen LogP contribution < -0.4 is 4.74 Å². The molecule has 1 saturated carbocycles. The lowest BCUT2D eigenvalue weighted by Crippen LogP contribution is -2.38. The summed E-state index contributed by atoms with van der Waals surface area (Å²) < 4.78 is 16.1. The molecule has 0 aliphatic heterocycles. The Labute approximate surface area is 124 Å². The van der Waals surface area contributed by atoms with Crippen molar-refractivity contribution in [3.05, 3.63) is 29.8 Å². The fourth-order valence-corrected chi connectivity index (χ4v) is 2.17. The molecule has 0 saturated heterocycles. The zero-order chi connectivity index (χ0) is 15.1. The Hall–Kier alpha value is -1.88. The van der Waals surface area contributed by atoms with Crippen LogP contribution in [0.2, 0.25) is 0 Å². The molecule has 0 spiro atoms. The van der Waals surface area contributed by atoms with Crippen LogP contribution in [0.3, 0.4) is 0 Å². The zero-order valence-electron chi connectivity index (χ0n) is 12.1. The third-order valence-electron chi connectivity index (χ3n) is 3.44. The van der Waals surface area contributed by atoms with Gasteiger partial charge in [-0.15, -0.1) is 0 Å². The van der Waals surface area contributed by atoms with E-state index in [9.17, 15) is 9.59 Å². The zero-order valence-corrected chi connectivity index (χ0v) is 12.1. The number of aldehydes is 1. The van der Waals surface area contributed by atoms with Crippen molar-refractivity contribution in [3.8, 4) is 5.75 Å². The molecular weight excluding hydrogens is 272 g/mol. The molecule has 0 atom stereocenters. The van der Waals surface area contributed by atoms with Crippen molar-refractivity contribution in [2.45, 2.75) is 25.9 Å². The lowest BCUT2D eigenvalue weighted by molar-refractivity contribution is -0.157. The minimum atomic E-state index is -0.121. The van der Waals surface area contributed by atoms with Gasteiger partial charge in [0.1, 0.15) is 18.6 Å². The maximum atomic E-state index is 11.4. The molecule has 0 unspecified atom stereocenters. The first-order valence-corrected chi connectivity index (χ1v) is 7.19. The quantitative estimate of drug-likeness (QED) is 0.418. The Morgan fingerprint density at radius 1 is 1.24 bits per heavy atom. The van der Waals surface area contributed by atoms with Gasteiger partial charge in [0, 0.05) is 5.56 Å². The predicted molar refractivity (Wildman–Crippen MR) is 76.4 cm³/mol. The Balaban J connectivity index is 1.56. The predicted octanol–water partition coefficient (Wildman–Crippen LogP) is 2.24. The molecule has 0 N–H and O–H groups in total. The molecule has 1 aromatic carbocycles. The average Bonchev–Trinajstić information content (AvgIpc) is 2.46. The minimum absolute atomic E-state index is 0.00764. The maximum absolute atomic E-state index is 11.4. The summed E-state index contributed by atoms with van der Waals surface area (Å²) in [4.78, 5) is 21.9. The lowest BCUT2D eigenvalue weighted by atomic mass is 9.82. The number of hydrogen-bond donors (Lipinski definition) is 0. The number of carbonyl (C=O) groups excluding carboxylic acids is 2. The van der Waals surface area contributed by atoms with Crippen molar-refractivity contribution < 1.29 is 23.8 Å². The summed E-state index contributed by atoms with van der Waals surface area (Å²) in [5.41, 5.74) is 0.623. The monoisotopic (exact) mass is 292 g/mol. The summed E-state index contributed by atoms with van der Waals surface area (Å²) in [6.45, 7) is 3.16. The molecule has 114 valence electrons. The second-order valence-corrected chi connectivity index (χ2v) is 4.95. The van der Waals surface area contributed by atoms with E-state index in [2.05, 4.69) is 0 Å². The summed E-state index contributed by atoms with van der Waals surface area (Å²) in [5, 5.41) is 0. The van der Waals surface area contributed by atoms with E-state index >= 15 is 0 Å². The molecule has 5 nitrogen and oxygen atoms in total. The molecule has 5 heteroatoms. The number of rotatable bonds is 8. The summed E-state index contributed by atoms with van der Waals surface area (Å²) in [7, 11) is 0. The summed E-state index contributed by atoms with van der Waals surface area (Å²) in [6.07, 6.45) is 2.38. The molecule has 21 heavy (non-hydrogen) atoms. The van der Waals surface area contributed by atoms with Crippen LogP contribution in [0.1, 0.15) is 30.1 Å². The first-order chi connectivity index (χ1) is 10.2. The van der Waals surface area contributed by atoms with Crippen molar-refractivity contribution in [1.82, 2.24) is 0 Å². The minimum Gasteiger partial charge on any atom is -0.491 e. The average molecular weight is 292 g/mol. The second kappa shape index (κ2) is 7.78. The summed E-state index contributed by atoms with van der Waals surface area (Å²) >= 11 is 0. The van der Waals surface area contributed by atoms with Gasteiger partial charge in [0.25, 0.3) is 0 Å². The number of esters is 1. The van der Waals surface area contributed by atoms with Crippen molar-refractivity contribution in [1.29, 1.82) is 0 Å². The standard InChI is InChI=1S/C16H20O5/c1-2-19-16(18)13-9-15(10-13)21-8-7-20-14-5-3-12(11-17)4-6-14/h3-6,11,13,15H,2,7-10H2,1H3/t13-,15+. The molecule has 1 aliphatic rings. The third kappa shape index (κ3) is 4.56. The Morgan fingerprint density at radius 3 is 2.57 bits per heavy atom. The van der Waals surface area contributed by atoms with E-state index < -0.39 is 0 Å². The van der Waals surface area contributed by atoms with Crippen molar-refractivity contribution >= 4 is 12.3 Å². The summed E-state index contributed by atoms with van der Waals surface area (Å²) in [6, 6.07) is 6.92. The van der Waals surface area contributed by atoms with Crippen LogP contribution in [-0.4, -0.2) is 38.2 Å². The fraction of sp³-hybridized carbons (Fsp3) is 0.500. The molecule has 0 bridgehead atoms. The van der Waals surface area contributed by atoms with Crippen LogP contribution >= 0.6 is 0 Å². The van der Waals surface area contributed by atoms with Gasteiger partial charge >= 0.3 is 5.97 Å². The Morgan fingerprint density at radius 2 is 1.95 bits per heavy atom. The van der Waals surface area contributed by atoms with Gasteiger partial charge in [-0.3, -0.25) is 9.59 Å². The molecule has 2 rings (SSSR count). The van der Waals surface area contributed by atoms with Gasteiger partial charge in [-0.05, 0) is 44.0 Å². The van der Waals surface area contributed by atoms with Crippen molar-refractivity contribution in [2.75, 3.05) is 19.8 Å². The van der Waals surface area contributed by atoms with Gasteiger partial charge in [-0.2, -0.15) is 0 Å². The SMILES string of the molecule is CCOC(=O)[C@H]1C[C@@H](OCCOc2ccc(C=O)cc2)C1. The smallest absolute Gasteiger partial charge is 0.309 e. The number of ether oxygens (including phenoxy) is 3. The number of carbonyl (C=O) groups is 2. The van der Waals surface area contributed by atoms with E-state index in [1.165, 1.54) is 0 Å². The van der Waals surface area contributed by atoms with Gasteiger partial charge in [-0.25, -0.2) is 0 Å². The summed E-state index contributed by atoms with van der Waals surface area (Å²) in [5.74, 6) is 0.581. The fourth-order valence-electron chi connectivity index (χ4n) is 2.17. The van der Waals surface area contributed by atoms with Crippen LogP contribution in [0.15, 0.2) is 24.3 Å². The van der Waals surface area contributed by atoms with E-state index in [0.717, 1.165) is 19.1 Å². The van der Waals surface area contributed by atoms with Crippen molar-refractivity contribution in [2.24, 2.45) is 5.92 Å². The van der Waals surface area contributed by atoms with Crippen LogP contribution in [0, 0.1) is 5.92 Å². The van der Waals surface area contributed by atoms with Crippen LogP contribution in [-0.2, 0) is 14.3 Å². The highest BCUT2D eigenvalue weighted by Gasteiger charge is 2.36. The molecule has 0 amide bonds. The van der Waals surface area contributed by atoms with Gasteiger partial charge in [0.2, 0.25) is 0 Å². The molecule has 1 aromatic rings. The molecule has 0 radical (unpaired) electrons. The largest absolute Gasteiger partial charge is 0.491 e. The first kappa shape index (κ1) is 15.5. The Bertz CT molecular complexity index is 462. The van der Waals surface area contributed by atoms with E-state index in [1.54, 1.807) is 24.3 Å². The lowest BCUT2D eigenvalue weighted by Gasteiger charge is -2.33. The van der Waals surface area contributed by atoms with E-state index in [-0.39, 0.29) is 18.0 Å². The highest BCUT2D eigenvalue weighted by Crippen LogP contribution is 2.31.